The topological polar surface area (TPSA) is 30.5 Å². The quantitative estimate of drug-likeness (QED) is 0.899. The van der Waals surface area contributed by atoms with E-state index in [1.165, 1.54) is 37.8 Å². The van der Waals surface area contributed by atoms with Crippen LogP contribution in [0, 0.1) is 23.7 Å². The summed E-state index contributed by atoms with van der Waals surface area (Å²) in [5.41, 5.74) is 1.20. The maximum atomic E-state index is 5.69. The number of benzene rings is 1. The molecule has 3 saturated carbocycles. The van der Waals surface area contributed by atoms with Crippen LogP contribution in [-0.2, 0) is 0 Å². The van der Waals surface area contributed by atoms with E-state index in [1.54, 1.807) is 0 Å². The van der Waals surface area contributed by atoms with Crippen LogP contribution < -0.4 is 14.8 Å². The van der Waals surface area contributed by atoms with Crippen LogP contribution in [0.1, 0.15) is 32.1 Å². The van der Waals surface area contributed by atoms with Crippen LogP contribution in [0.2, 0.25) is 0 Å². The molecule has 0 aromatic heterocycles. The summed E-state index contributed by atoms with van der Waals surface area (Å²) < 4.78 is 11.3. The molecule has 0 radical (unpaired) electrons. The summed E-state index contributed by atoms with van der Waals surface area (Å²) in [5, 5.41) is 3.80. The molecule has 1 aromatic carbocycles. The number of rotatable bonds is 2. The van der Waals surface area contributed by atoms with E-state index in [1.807, 2.05) is 6.07 Å². The van der Waals surface area contributed by atoms with E-state index in [-0.39, 0.29) is 0 Å². The zero-order valence-electron chi connectivity index (χ0n) is 12.4. The van der Waals surface area contributed by atoms with Gasteiger partial charge in [-0.05, 0) is 61.5 Å². The Kier molecular flexibility index (Phi) is 2.65. The lowest BCUT2D eigenvalue weighted by Gasteiger charge is -2.33. The molecule has 2 bridgehead atoms. The molecule has 1 heterocycles. The Labute approximate surface area is 126 Å². The fraction of sp³-hybridized carbons (Fsp3) is 0.667. The van der Waals surface area contributed by atoms with Gasteiger partial charge in [0.2, 0.25) is 0 Å². The summed E-state index contributed by atoms with van der Waals surface area (Å²) in [5.74, 6) is 5.77. The van der Waals surface area contributed by atoms with Crippen molar-refractivity contribution in [3.63, 3.8) is 0 Å². The fourth-order valence-corrected chi connectivity index (χ4v) is 5.58. The van der Waals surface area contributed by atoms with Crippen molar-refractivity contribution in [3.05, 3.63) is 18.2 Å². The number of ether oxygens (including phenoxy) is 2. The molecule has 1 N–H and O–H groups in total. The van der Waals surface area contributed by atoms with Crippen LogP contribution in [0.5, 0.6) is 11.5 Å². The molecule has 5 atom stereocenters. The van der Waals surface area contributed by atoms with E-state index in [9.17, 15) is 0 Å². The Morgan fingerprint density at radius 3 is 2.71 bits per heavy atom. The second-order valence-corrected chi connectivity index (χ2v) is 7.26. The number of anilines is 1. The van der Waals surface area contributed by atoms with Gasteiger partial charge in [0, 0.05) is 17.8 Å². The van der Waals surface area contributed by atoms with Crippen molar-refractivity contribution in [2.45, 2.75) is 38.1 Å². The second kappa shape index (κ2) is 4.56. The van der Waals surface area contributed by atoms with E-state index in [4.69, 9.17) is 9.47 Å². The van der Waals surface area contributed by atoms with Gasteiger partial charge in [0.25, 0.3) is 0 Å². The van der Waals surface area contributed by atoms with Gasteiger partial charge < -0.3 is 14.8 Å². The molecule has 5 rings (SSSR count). The standard InChI is InChI=1S/C18H23NO2/c1-2-13-11-8-15(14(13)3-1)16(9-11)19-12-4-5-17-18(10-12)21-7-6-20-17/h4-5,10-11,13-16,19H,1-3,6-9H2. The van der Waals surface area contributed by atoms with Gasteiger partial charge in [-0.25, -0.2) is 0 Å². The maximum Gasteiger partial charge on any atom is 0.163 e. The van der Waals surface area contributed by atoms with E-state index >= 15 is 0 Å². The monoisotopic (exact) mass is 285 g/mol. The summed E-state index contributed by atoms with van der Waals surface area (Å²) in [6.45, 7) is 1.32. The molecule has 4 aliphatic rings. The van der Waals surface area contributed by atoms with Gasteiger partial charge in [-0.15, -0.1) is 0 Å². The Morgan fingerprint density at radius 1 is 0.905 bits per heavy atom. The SMILES string of the molecule is c1cc2c(cc1NC1CC3CC1C1CCCC31)OCCO2. The minimum Gasteiger partial charge on any atom is -0.486 e. The Morgan fingerprint density at radius 2 is 1.76 bits per heavy atom. The molecule has 5 unspecified atom stereocenters. The summed E-state index contributed by atoms with van der Waals surface area (Å²) in [6.07, 6.45) is 7.30. The molecule has 0 amide bonds. The van der Waals surface area contributed by atoms with Crippen LogP contribution in [0.4, 0.5) is 5.69 Å². The van der Waals surface area contributed by atoms with E-state index in [0.29, 0.717) is 19.3 Å². The molecule has 1 aromatic rings. The number of fused-ring (bicyclic) bond motifs is 6. The zero-order chi connectivity index (χ0) is 13.8. The first-order valence-electron chi connectivity index (χ1n) is 8.55. The van der Waals surface area contributed by atoms with Crippen LogP contribution in [-0.4, -0.2) is 19.3 Å². The summed E-state index contributed by atoms with van der Waals surface area (Å²) in [4.78, 5) is 0. The Hall–Kier alpha value is -1.38. The second-order valence-electron chi connectivity index (χ2n) is 7.26. The van der Waals surface area contributed by atoms with E-state index < -0.39 is 0 Å². The lowest BCUT2D eigenvalue weighted by molar-refractivity contribution is 0.171. The zero-order valence-corrected chi connectivity index (χ0v) is 12.4. The van der Waals surface area contributed by atoms with Crippen molar-refractivity contribution in [2.24, 2.45) is 23.7 Å². The van der Waals surface area contributed by atoms with Gasteiger partial charge in [-0.2, -0.15) is 0 Å². The molecule has 3 aliphatic carbocycles. The van der Waals surface area contributed by atoms with Crippen molar-refractivity contribution >= 4 is 5.69 Å². The molecule has 3 fully saturated rings. The molecular weight excluding hydrogens is 262 g/mol. The van der Waals surface area contributed by atoms with Gasteiger partial charge in [-0.1, -0.05) is 6.42 Å². The fourth-order valence-electron chi connectivity index (χ4n) is 5.58. The van der Waals surface area contributed by atoms with Crippen molar-refractivity contribution in [1.29, 1.82) is 0 Å². The highest BCUT2D eigenvalue weighted by atomic mass is 16.6. The van der Waals surface area contributed by atoms with Crippen molar-refractivity contribution < 1.29 is 9.47 Å². The van der Waals surface area contributed by atoms with Gasteiger partial charge >= 0.3 is 0 Å². The predicted molar refractivity (Wildman–Crippen MR) is 81.9 cm³/mol. The largest absolute Gasteiger partial charge is 0.486 e. The lowest BCUT2D eigenvalue weighted by Crippen LogP contribution is -2.33. The lowest BCUT2D eigenvalue weighted by atomic mass is 9.79. The average Bonchev–Trinajstić information content (AvgIpc) is 3.19. The summed E-state index contributed by atoms with van der Waals surface area (Å²) >= 11 is 0. The first-order valence-corrected chi connectivity index (χ1v) is 8.55. The van der Waals surface area contributed by atoms with Gasteiger partial charge in [0.15, 0.2) is 11.5 Å². The molecule has 0 saturated heterocycles. The predicted octanol–water partition coefficient (Wildman–Crippen LogP) is 3.69. The maximum absolute atomic E-state index is 5.69. The highest BCUT2D eigenvalue weighted by molar-refractivity contribution is 5.56. The normalized spacial score (nSPS) is 39.3. The number of hydrogen-bond donors (Lipinski definition) is 1. The molecule has 3 nitrogen and oxygen atoms in total. The van der Waals surface area contributed by atoms with Crippen LogP contribution in [0.15, 0.2) is 18.2 Å². The van der Waals surface area contributed by atoms with E-state index in [0.717, 1.165) is 35.2 Å². The Bertz CT molecular complexity index is 558. The third kappa shape index (κ3) is 1.86. The smallest absolute Gasteiger partial charge is 0.163 e. The molecule has 1 aliphatic heterocycles. The minimum atomic E-state index is 0.661. The van der Waals surface area contributed by atoms with Crippen LogP contribution in [0.3, 0.4) is 0 Å². The van der Waals surface area contributed by atoms with Crippen molar-refractivity contribution in [2.75, 3.05) is 18.5 Å². The van der Waals surface area contributed by atoms with Crippen molar-refractivity contribution in [3.8, 4) is 11.5 Å². The van der Waals surface area contributed by atoms with Gasteiger partial charge in [0.1, 0.15) is 13.2 Å². The van der Waals surface area contributed by atoms with Gasteiger partial charge in [0.05, 0.1) is 0 Å². The summed E-state index contributed by atoms with van der Waals surface area (Å²) in [7, 11) is 0. The highest BCUT2D eigenvalue weighted by Gasteiger charge is 2.53. The average molecular weight is 285 g/mol. The van der Waals surface area contributed by atoms with Crippen molar-refractivity contribution in [1.82, 2.24) is 0 Å². The third-order valence-electron chi connectivity index (χ3n) is 6.32. The third-order valence-corrected chi connectivity index (χ3v) is 6.32. The number of hydrogen-bond acceptors (Lipinski definition) is 3. The first kappa shape index (κ1) is 12.2. The Balaban J connectivity index is 1.34. The summed E-state index contributed by atoms with van der Waals surface area (Å²) in [6, 6.07) is 6.98. The molecule has 0 spiro atoms. The molecule has 21 heavy (non-hydrogen) atoms. The van der Waals surface area contributed by atoms with Crippen LogP contribution in [0.25, 0.3) is 0 Å². The van der Waals surface area contributed by atoms with E-state index in [2.05, 4.69) is 17.4 Å². The number of nitrogens with one attached hydrogen (secondary N) is 1. The molecule has 112 valence electrons. The molecule has 3 heteroatoms. The first-order chi connectivity index (χ1) is 10.4. The minimum absolute atomic E-state index is 0.661. The van der Waals surface area contributed by atoms with Crippen LogP contribution >= 0.6 is 0 Å². The highest BCUT2D eigenvalue weighted by Crippen LogP contribution is 2.59. The molecular formula is C18H23NO2. The van der Waals surface area contributed by atoms with Gasteiger partial charge in [-0.3, -0.25) is 0 Å².